The van der Waals surface area contributed by atoms with Crippen LogP contribution in [0.1, 0.15) is 30.5 Å². The van der Waals surface area contributed by atoms with Crippen molar-refractivity contribution in [3.63, 3.8) is 0 Å². The van der Waals surface area contributed by atoms with E-state index in [4.69, 9.17) is 11.6 Å². The second-order valence-corrected chi connectivity index (χ2v) is 11.1. The largest absolute Gasteiger partial charge is 0.365 e. The third kappa shape index (κ3) is 5.37. The minimum absolute atomic E-state index is 0.170. The number of nitrogens with one attached hydrogen (secondary N) is 1. The van der Waals surface area contributed by atoms with Gasteiger partial charge >= 0.3 is 0 Å². The number of thiazole rings is 1. The second-order valence-electron chi connectivity index (χ2n) is 7.71. The molecule has 0 aromatic carbocycles. The van der Waals surface area contributed by atoms with Gasteiger partial charge in [-0.05, 0) is 29.7 Å². The highest BCUT2D eigenvalue weighted by Crippen LogP contribution is 2.26. The van der Waals surface area contributed by atoms with Gasteiger partial charge in [-0.2, -0.15) is 9.78 Å². The van der Waals surface area contributed by atoms with Crippen molar-refractivity contribution < 1.29 is 9.59 Å². The number of nitrogens with zero attached hydrogens (tertiary/aromatic N) is 5. The fourth-order valence-corrected chi connectivity index (χ4v) is 5.62. The van der Waals surface area contributed by atoms with Gasteiger partial charge in [0.05, 0.1) is 46.6 Å². The first-order valence-electron chi connectivity index (χ1n) is 10.7. The van der Waals surface area contributed by atoms with Crippen LogP contribution in [0.2, 0.25) is 4.34 Å². The van der Waals surface area contributed by atoms with Gasteiger partial charge in [-0.25, -0.2) is 4.37 Å². The topological polar surface area (TPSA) is 112 Å². The molecule has 9 nitrogen and oxygen atoms in total. The first kappa shape index (κ1) is 25.0. The number of Topliss-reactive ketones (excluding diaryl/α,β-unsaturated/α-hetero) is 1. The Kier molecular flexibility index (Phi) is 7.24. The van der Waals surface area contributed by atoms with Gasteiger partial charge in [-0.3, -0.25) is 19.4 Å². The Morgan fingerprint density at radius 1 is 1.22 bits per heavy atom. The summed E-state index contributed by atoms with van der Waals surface area (Å²) in [4.78, 5) is 44.2. The van der Waals surface area contributed by atoms with Crippen molar-refractivity contribution in [3.8, 4) is 11.3 Å². The zero-order valence-corrected chi connectivity index (χ0v) is 22.2. The third-order valence-corrected chi connectivity index (χ3v) is 7.89. The Bertz CT molecular complexity index is 1650. The van der Waals surface area contributed by atoms with E-state index in [1.54, 1.807) is 29.2 Å². The normalized spacial score (nSPS) is 10.9. The van der Waals surface area contributed by atoms with Crippen molar-refractivity contribution in [2.24, 2.45) is 0 Å². The standard InChI is InChI=1S/C24H17ClN6O3S3/c1-2-14-5-15(10-30(23(14)33)11-19(32)16-7-28-36-12-16)18-6-22(27-8-17-3-4-21(25)37-17)31(29-18)24(34)20-9-26-13-35-20/h2-7,9-10,12-13,27H,1,8,11H2. The molecule has 0 amide bonds. The van der Waals surface area contributed by atoms with Gasteiger partial charge in [-0.15, -0.1) is 22.7 Å². The maximum absolute atomic E-state index is 13.2. The molecule has 0 saturated heterocycles. The average Bonchev–Trinajstić information content (AvgIpc) is 3.71. The highest BCUT2D eigenvalue weighted by Gasteiger charge is 2.20. The SMILES string of the molecule is C=Cc1cc(-c2cc(NCc3ccc(Cl)s3)n(C(=O)c3cncs3)n2)cn(CC(=O)c2cnsc2)c1=O. The molecular formula is C24H17ClN6O3S3. The molecule has 1 N–H and O–H groups in total. The Balaban J connectivity index is 1.53. The lowest BCUT2D eigenvalue weighted by atomic mass is 10.1. The van der Waals surface area contributed by atoms with E-state index in [9.17, 15) is 14.4 Å². The smallest absolute Gasteiger partial charge is 0.291 e. The number of carbonyl (C=O) groups is 2. The molecule has 0 saturated carbocycles. The van der Waals surface area contributed by atoms with Crippen LogP contribution in [0.5, 0.6) is 0 Å². The van der Waals surface area contributed by atoms with Crippen molar-refractivity contribution in [2.75, 3.05) is 5.32 Å². The molecule has 0 aliphatic rings. The van der Waals surface area contributed by atoms with Crippen LogP contribution in [0.3, 0.4) is 0 Å². The predicted octanol–water partition coefficient (Wildman–Crippen LogP) is 5.17. The second kappa shape index (κ2) is 10.7. The van der Waals surface area contributed by atoms with Gasteiger partial charge in [0.2, 0.25) is 0 Å². The number of hydrogen-bond donors (Lipinski definition) is 1. The number of carbonyl (C=O) groups excluding carboxylic acids is 2. The lowest BCUT2D eigenvalue weighted by Gasteiger charge is -2.08. The zero-order valence-electron chi connectivity index (χ0n) is 19.0. The first-order valence-corrected chi connectivity index (χ1v) is 13.6. The number of anilines is 1. The molecule has 0 aliphatic heterocycles. The zero-order chi connectivity index (χ0) is 25.9. The number of hydrogen-bond acceptors (Lipinski definition) is 10. The minimum atomic E-state index is -0.358. The van der Waals surface area contributed by atoms with Crippen LogP contribution in [0.25, 0.3) is 17.3 Å². The fraction of sp³-hybridized carbons (Fsp3) is 0.0833. The summed E-state index contributed by atoms with van der Waals surface area (Å²) < 4.78 is 7.20. The lowest BCUT2D eigenvalue weighted by Crippen LogP contribution is -2.25. The van der Waals surface area contributed by atoms with Gasteiger partial charge in [0.1, 0.15) is 10.7 Å². The highest BCUT2D eigenvalue weighted by atomic mass is 35.5. The molecule has 5 aromatic rings. The Hall–Kier alpha value is -3.71. The van der Waals surface area contributed by atoms with Gasteiger partial charge < -0.3 is 9.88 Å². The summed E-state index contributed by atoms with van der Waals surface area (Å²) in [6.07, 6.45) is 5.94. The number of thiophene rings is 1. The molecule has 0 unspecified atom stereocenters. The van der Waals surface area contributed by atoms with E-state index < -0.39 is 0 Å². The molecule has 0 bridgehead atoms. The van der Waals surface area contributed by atoms with E-state index in [0.717, 1.165) is 16.4 Å². The summed E-state index contributed by atoms with van der Waals surface area (Å²) in [5.41, 5.74) is 2.94. The minimum Gasteiger partial charge on any atom is -0.365 e. The van der Waals surface area contributed by atoms with Crippen molar-refractivity contribution in [1.29, 1.82) is 0 Å². The summed E-state index contributed by atoms with van der Waals surface area (Å²) >= 11 is 9.85. The molecule has 0 radical (unpaired) electrons. The molecule has 0 atom stereocenters. The van der Waals surface area contributed by atoms with Crippen molar-refractivity contribution in [3.05, 3.63) is 95.9 Å². The summed E-state index contributed by atoms with van der Waals surface area (Å²) in [6.45, 7) is 3.99. The summed E-state index contributed by atoms with van der Waals surface area (Å²) in [6, 6.07) is 7.06. The van der Waals surface area contributed by atoms with E-state index in [-0.39, 0.29) is 23.8 Å². The van der Waals surface area contributed by atoms with Crippen LogP contribution in [-0.2, 0) is 13.1 Å². The maximum Gasteiger partial charge on any atom is 0.291 e. The number of rotatable bonds is 9. The van der Waals surface area contributed by atoms with Crippen molar-refractivity contribution in [2.45, 2.75) is 13.1 Å². The Morgan fingerprint density at radius 3 is 2.76 bits per heavy atom. The monoisotopic (exact) mass is 568 g/mol. The number of ketones is 1. The van der Waals surface area contributed by atoms with Gasteiger partial charge in [0, 0.05) is 33.6 Å². The van der Waals surface area contributed by atoms with Gasteiger partial charge in [-0.1, -0.05) is 24.3 Å². The molecule has 186 valence electrons. The highest BCUT2D eigenvalue weighted by molar-refractivity contribution is 7.16. The van der Waals surface area contributed by atoms with Crippen LogP contribution in [0.15, 0.2) is 65.1 Å². The molecule has 0 aliphatic carbocycles. The van der Waals surface area contributed by atoms with E-state index in [1.165, 1.54) is 50.4 Å². The molecule has 0 fully saturated rings. The molecule has 5 aromatic heterocycles. The summed E-state index contributed by atoms with van der Waals surface area (Å²) in [7, 11) is 0. The number of halogens is 1. The Morgan fingerprint density at radius 2 is 2.08 bits per heavy atom. The summed E-state index contributed by atoms with van der Waals surface area (Å²) in [5.74, 6) is -0.139. The van der Waals surface area contributed by atoms with Crippen molar-refractivity contribution in [1.82, 2.24) is 23.7 Å². The van der Waals surface area contributed by atoms with E-state index in [2.05, 4.69) is 26.4 Å². The average molecular weight is 569 g/mol. The molecular weight excluding hydrogens is 552 g/mol. The maximum atomic E-state index is 13.2. The van der Waals surface area contributed by atoms with Gasteiger partial charge in [0.25, 0.3) is 11.5 Å². The van der Waals surface area contributed by atoms with Crippen LogP contribution >= 0.6 is 45.8 Å². The number of pyridine rings is 1. The van der Waals surface area contributed by atoms with Crippen LogP contribution in [0.4, 0.5) is 5.82 Å². The van der Waals surface area contributed by atoms with Crippen molar-refractivity contribution >= 4 is 69.4 Å². The fourth-order valence-electron chi connectivity index (χ4n) is 3.50. The Labute approximate surface area is 227 Å². The molecule has 5 heterocycles. The lowest BCUT2D eigenvalue weighted by molar-refractivity contribution is 0.0949. The van der Waals surface area contributed by atoms with Crippen LogP contribution < -0.4 is 10.9 Å². The van der Waals surface area contributed by atoms with E-state index in [1.807, 2.05) is 12.1 Å². The third-order valence-electron chi connectivity index (χ3n) is 5.32. The predicted molar refractivity (Wildman–Crippen MR) is 147 cm³/mol. The molecule has 37 heavy (non-hydrogen) atoms. The van der Waals surface area contributed by atoms with Gasteiger partial charge in [0.15, 0.2) is 5.78 Å². The first-order chi connectivity index (χ1) is 17.9. The van der Waals surface area contributed by atoms with Crippen LogP contribution in [-0.4, -0.2) is 35.4 Å². The quantitative estimate of drug-likeness (QED) is 0.244. The van der Waals surface area contributed by atoms with E-state index in [0.29, 0.717) is 44.0 Å². The molecule has 0 spiro atoms. The summed E-state index contributed by atoms with van der Waals surface area (Å²) in [5, 5.41) is 9.43. The number of aromatic nitrogens is 5. The molecule has 5 rings (SSSR count). The van der Waals surface area contributed by atoms with Crippen LogP contribution in [0, 0.1) is 0 Å². The van der Waals surface area contributed by atoms with E-state index >= 15 is 0 Å². The molecule has 13 heteroatoms.